The number of thiazole rings is 1. The van der Waals surface area contributed by atoms with Crippen molar-refractivity contribution in [2.24, 2.45) is 5.92 Å². The van der Waals surface area contributed by atoms with Gasteiger partial charge < -0.3 is 10.2 Å². The quantitative estimate of drug-likeness (QED) is 0.843. The molecule has 0 aliphatic carbocycles. The largest absolute Gasteiger partial charge is 0.339 e. The van der Waals surface area contributed by atoms with Crippen LogP contribution in [0.3, 0.4) is 0 Å². The Balaban J connectivity index is 1.56. The highest BCUT2D eigenvalue weighted by atomic mass is 79.9. The Bertz CT molecular complexity index is 754. The summed E-state index contributed by atoms with van der Waals surface area (Å²) in [5.74, 6) is -0.0632. The number of piperidine rings is 1. The zero-order valence-electron chi connectivity index (χ0n) is 13.3. The maximum absolute atomic E-state index is 12.6. The minimum absolute atomic E-state index is 0.00246. The maximum atomic E-state index is 12.6. The van der Waals surface area contributed by atoms with Gasteiger partial charge in [-0.05, 0) is 47.8 Å². The second-order valence-electron chi connectivity index (χ2n) is 5.83. The number of nitrogens with one attached hydrogen (secondary N) is 1. The Morgan fingerprint density at radius 3 is 2.62 bits per heavy atom. The minimum Gasteiger partial charge on any atom is -0.339 e. The van der Waals surface area contributed by atoms with Crippen molar-refractivity contribution in [2.45, 2.75) is 19.8 Å². The lowest BCUT2D eigenvalue weighted by atomic mass is 9.95. The number of rotatable bonds is 3. The highest BCUT2D eigenvalue weighted by molar-refractivity contribution is 9.10. The number of carbonyl (C=O) groups excluding carboxylic acids is 2. The molecule has 1 aromatic heterocycles. The molecule has 1 saturated heterocycles. The predicted molar refractivity (Wildman–Crippen MR) is 98.3 cm³/mol. The number of hydrogen-bond acceptors (Lipinski definition) is 4. The molecular formula is C17H18BrN3O2S. The summed E-state index contributed by atoms with van der Waals surface area (Å²) in [5.41, 5.74) is 1.57. The summed E-state index contributed by atoms with van der Waals surface area (Å²) in [6, 6.07) is 7.42. The standard InChI is InChI=1S/C17H18BrN3O2S/c1-11-10-24-17(19-11)20-15(22)12-6-8-21(9-7-12)16(23)13-4-2-3-5-14(13)18/h2-5,10,12H,6-9H2,1H3,(H,19,20,22). The van der Waals surface area contributed by atoms with Crippen LogP contribution < -0.4 is 5.32 Å². The van der Waals surface area contributed by atoms with Crippen LogP contribution in [0.4, 0.5) is 5.13 Å². The second-order valence-corrected chi connectivity index (χ2v) is 7.54. The fraction of sp³-hybridized carbons (Fsp3) is 0.353. The van der Waals surface area contributed by atoms with Crippen LogP contribution in [0.2, 0.25) is 0 Å². The van der Waals surface area contributed by atoms with Gasteiger partial charge in [0.2, 0.25) is 5.91 Å². The lowest BCUT2D eigenvalue weighted by Gasteiger charge is -2.31. The SMILES string of the molecule is Cc1csc(NC(=O)C2CCN(C(=O)c3ccccc3Br)CC2)n1. The average Bonchev–Trinajstić information content (AvgIpc) is 2.99. The van der Waals surface area contributed by atoms with E-state index in [0.29, 0.717) is 36.6 Å². The Kier molecular flexibility index (Phi) is 5.30. The molecule has 3 rings (SSSR count). The number of benzene rings is 1. The van der Waals surface area contributed by atoms with Gasteiger partial charge in [-0.25, -0.2) is 4.98 Å². The molecule has 0 bridgehead atoms. The van der Waals surface area contributed by atoms with Gasteiger partial charge >= 0.3 is 0 Å². The van der Waals surface area contributed by atoms with Crippen molar-refractivity contribution in [3.05, 3.63) is 45.4 Å². The van der Waals surface area contributed by atoms with E-state index in [1.807, 2.05) is 41.5 Å². The van der Waals surface area contributed by atoms with Gasteiger partial charge in [-0.3, -0.25) is 9.59 Å². The molecule has 0 atom stereocenters. The van der Waals surface area contributed by atoms with Crippen LogP contribution in [-0.4, -0.2) is 34.8 Å². The molecule has 2 amide bonds. The molecule has 1 aliphatic heterocycles. The van der Waals surface area contributed by atoms with E-state index in [0.717, 1.165) is 10.2 Å². The number of amides is 2. The smallest absolute Gasteiger partial charge is 0.254 e. The third-order valence-electron chi connectivity index (χ3n) is 4.11. The Labute approximate surface area is 153 Å². The van der Waals surface area contributed by atoms with Crippen LogP contribution in [0, 0.1) is 12.8 Å². The molecule has 0 saturated carbocycles. The summed E-state index contributed by atoms with van der Waals surface area (Å²) in [7, 11) is 0. The number of aromatic nitrogens is 1. The molecule has 2 heterocycles. The zero-order valence-corrected chi connectivity index (χ0v) is 15.7. The van der Waals surface area contributed by atoms with Crippen molar-refractivity contribution < 1.29 is 9.59 Å². The molecular weight excluding hydrogens is 390 g/mol. The molecule has 5 nitrogen and oxygen atoms in total. The van der Waals surface area contributed by atoms with E-state index in [4.69, 9.17) is 0 Å². The van der Waals surface area contributed by atoms with E-state index in [9.17, 15) is 9.59 Å². The highest BCUT2D eigenvalue weighted by Crippen LogP contribution is 2.24. The van der Waals surface area contributed by atoms with Gasteiger partial charge in [0.15, 0.2) is 5.13 Å². The summed E-state index contributed by atoms with van der Waals surface area (Å²) in [6.45, 7) is 3.09. The molecule has 1 N–H and O–H groups in total. The summed E-state index contributed by atoms with van der Waals surface area (Å²) in [4.78, 5) is 31.0. The van der Waals surface area contributed by atoms with Gasteiger partial charge in [0, 0.05) is 28.9 Å². The first kappa shape index (κ1) is 17.1. The number of anilines is 1. The summed E-state index contributed by atoms with van der Waals surface area (Å²) < 4.78 is 0.800. The van der Waals surface area contributed by atoms with Crippen LogP contribution in [0.1, 0.15) is 28.9 Å². The number of hydrogen-bond donors (Lipinski definition) is 1. The van der Waals surface area contributed by atoms with Gasteiger partial charge in [0.25, 0.3) is 5.91 Å². The van der Waals surface area contributed by atoms with Crippen molar-refractivity contribution in [1.82, 2.24) is 9.88 Å². The topological polar surface area (TPSA) is 62.3 Å². The normalized spacial score (nSPS) is 15.3. The molecule has 1 fully saturated rings. The number of aryl methyl sites for hydroxylation is 1. The minimum atomic E-state index is -0.0718. The molecule has 1 aliphatic rings. The van der Waals surface area contributed by atoms with Crippen LogP contribution in [0.5, 0.6) is 0 Å². The van der Waals surface area contributed by atoms with E-state index in [1.165, 1.54) is 11.3 Å². The van der Waals surface area contributed by atoms with Crippen molar-refractivity contribution in [3.63, 3.8) is 0 Å². The van der Waals surface area contributed by atoms with E-state index < -0.39 is 0 Å². The van der Waals surface area contributed by atoms with Crippen molar-refractivity contribution >= 4 is 44.2 Å². The van der Waals surface area contributed by atoms with Crippen molar-refractivity contribution in [3.8, 4) is 0 Å². The molecule has 7 heteroatoms. The van der Waals surface area contributed by atoms with E-state index in [2.05, 4.69) is 26.2 Å². The fourth-order valence-corrected chi connectivity index (χ4v) is 3.91. The van der Waals surface area contributed by atoms with E-state index in [-0.39, 0.29) is 17.7 Å². The van der Waals surface area contributed by atoms with Crippen LogP contribution in [0.25, 0.3) is 0 Å². The van der Waals surface area contributed by atoms with Crippen molar-refractivity contribution in [2.75, 3.05) is 18.4 Å². The number of nitrogens with zero attached hydrogens (tertiary/aromatic N) is 2. The maximum Gasteiger partial charge on any atom is 0.254 e. The van der Waals surface area contributed by atoms with Crippen molar-refractivity contribution in [1.29, 1.82) is 0 Å². The molecule has 126 valence electrons. The van der Waals surface area contributed by atoms with E-state index in [1.54, 1.807) is 0 Å². The van der Waals surface area contributed by atoms with Gasteiger partial charge in [0.1, 0.15) is 0 Å². The molecule has 24 heavy (non-hydrogen) atoms. The molecule has 0 spiro atoms. The first-order chi connectivity index (χ1) is 11.5. The molecule has 2 aromatic rings. The molecule has 1 aromatic carbocycles. The van der Waals surface area contributed by atoms with Crippen LogP contribution >= 0.6 is 27.3 Å². The lowest BCUT2D eigenvalue weighted by molar-refractivity contribution is -0.121. The van der Waals surface area contributed by atoms with E-state index >= 15 is 0 Å². The third-order valence-corrected chi connectivity index (χ3v) is 5.67. The summed E-state index contributed by atoms with van der Waals surface area (Å²) >= 11 is 4.85. The zero-order chi connectivity index (χ0) is 17.1. The second kappa shape index (κ2) is 7.44. The monoisotopic (exact) mass is 407 g/mol. The van der Waals surface area contributed by atoms with Gasteiger partial charge in [-0.2, -0.15) is 0 Å². The average molecular weight is 408 g/mol. The first-order valence-electron chi connectivity index (χ1n) is 7.81. The van der Waals surface area contributed by atoms with Gasteiger partial charge in [-0.15, -0.1) is 11.3 Å². The first-order valence-corrected chi connectivity index (χ1v) is 9.48. The Hall–Kier alpha value is -1.73. The number of likely N-dealkylation sites (tertiary alicyclic amines) is 1. The molecule has 0 radical (unpaired) electrons. The number of carbonyl (C=O) groups is 2. The van der Waals surface area contributed by atoms with Crippen LogP contribution in [-0.2, 0) is 4.79 Å². The lowest BCUT2D eigenvalue weighted by Crippen LogP contribution is -2.41. The van der Waals surface area contributed by atoms with Gasteiger partial charge in [-0.1, -0.05) is 12.1 Å². The summed E-state index contributed by atoms with van der Waals surface area (Å²) in [5, 5.41) is 5.43. The predicted octanol–water partition coefficient (Wildman–Crippen LogP) is 3.70. The van der Waals surface area contributed by atoms with Gasteiger partial charge in [0.05, 0.1) is 11.3 Å². The fourth-order valence-electron chi connectivity index (χ4n) is 2.77. The Morgan fingerprint density at radius 2 is 2.00 bits per heavy atom. The highest BCUT2D eigenvalue weighted by Gasteiger charge is 2.28. The van der Waals surface area contributed by atoms with Crippen LogP contribution in [0.15, 0.2) is 34.1 Å². The Morgan fingerprint density at radius 1 is 1.29 bits per heavy atom. The summed E-state index contributed by atoms with van der Waals surface area (Å²) in [6.07, 6.45) is 1.35. The third kappa shape index (κ3) is 3.84. The molecule has 0 unspecified atom stereocenters. The number of halogens is 1.